The van der Waals surface area contributed by atoms with Crippen LogP contribution in [0.25, 0.3) is 0 Å². The first-order chi connectivity index (χ1) is 17.5. The van der Waals surface area contributed by atoms with Crippen molar-refractivity contribution in [3.05, 3.63) is 35.4 Å². The second-order valence-electron chi connectivity index (χ2n) is 10.8. The van der Waals surface area contributed by atoms with Crippen molar-refractivity contribution in [1.29, 1.82) is 0 Å². The molecule has 11 heteroatoms. The van der Waals surface area contributed by atoms with E-state index in [4.69, 9.17) is 14.9 Å². The van der Waals surface area contributed by atoms with Crippen molar-refractivity contribution in [3.8, 4) is 0 Å². The molecule has 2 N–H and O–H groups in total. The van der Waals surface area contributed by atoms with Crippen LogP contribution < -0.4 is 5.48 Å². The lowest BCUT2D eigenvalue weighted by molar-refractivity contribution is -0.136. The van der Waals surface area contributed by atoms with Gasteiger partial charge in [-0.3, -0.25) is 24.7 Å². The van der Waals surface area contributed by atoms with Crippen LogP contribution in [0.15, 0.2) is 29.3 Å². The number of fused-ring (bicyclic) bond motifs is 1. The number of nitrogens with zero attached hydrogens (tertiary/aromatic N) is 3. The highest BCUT2D eigenvalue weighted by atomic mass is 32.2. The van der Waals surface area contributed by atoms with E-state index in [0.29, 0.717) is 12.3 Å². The van der Waals surface area contributed by atoms with Gasteiger partial charge in [-0.1, -0.05) is 31.2 Å². The van der Waals surface area contributed by atoms with Gasteiger partial charge in [-0.25, -0.2) is 13.9 Å². The minimum absolute atomic E-state index is 0.0188. The Morgan fingerprint density at radius 1 is 1.19 bits per heavy atom. The Labute approximate surface area is 218 Å². The molecule has 4 rings (SSSR count). The minimum Gasteiger partial charge on any atom is -0.379 e. The Morgan fingerprint density at radius 2 is 1.84 bits per heavy atom. The van der Waals surface area contributed by atoms with Crippen LogP contribution in [0, 0.1) is 11.8 Å². The van der Waals surface area contributed by atoms with Crippen LogP contribution >= 0.6 is 0 Å². The van der Waals surface area contributed by atoms with Crippen molar-refractivity contribution < 1.29 is 28.0 Å². The molecule has 2 fully saturated rings. The summed E-state index contributed by atoms with van der Waals surface area (Å²) in [4.78, 5) is 34.0. The third-order valence-corrected chi connectivity index (χ3v) is 10.5. The van der Waals surface area contributed by atoms with E-state index in [1.807, 2.05) is 0 Å². The van der Waals surface area contributed by atoms with E-state index in [2.05, 4.69) is 36.1 Å². The Bertz CT molecular complexity index is 1120. The highest BCUT2D eigenvalue weighted by molar-refractivity contribution is 7.92. The summed E-state index contributed by atoms with van der Waals surface area (Å²) in [7, 11) is -3.84. The summed E-state index contributed by atoms with van der Waals surface area (Å²) in [6.45, 7) is 7.81. The van der Waals surface area contributed by atoms with Crippen molar-refractivity contribution in [2.45, 2.75) is 56.4 Å². The average Bonchev–Trinajstić information content (AvgIpc) is 2.88. The number of hydrogen-bond acceptors (Lipinski definition) is 8. The summed E-state index contributed by atoms with van der Waals surface area (Å²) in [6, 6.07) is 8.66. The summed E-state index contributed by atoms with van der Waals surface area (Å²) in [5.41, 5.74) is 3.99. The third kappa shape index (κ3) is 5.74. The fraction of sp³-hybridized carbons (Fsp3) is 0.654. The molecule has 2 amide bonds. The fourth-order valence-corrected chi connectivity index (χ4v) is 6.62. The molecule has 1 saturated carbocycles. The molecule has 1 aromatic rings. The monoisotopic (exact) mass is 534 g/mol. The number of carbonyl (C=O) groups is 2. The number of nitrogens with one attached hydrogen (secondary N) is 1. The summed E-state index contributed by atoms with van der Waals surface area (Å²) >= 11 is 0. The lowest BCUT2D eigenvalue weighted by atomic mass is 9.68. The molecule has 0 bridgehead atoms. The van der Waals surface area contributed by atoms with E-state index < -0.39 is 20.5 Å². The standard InChI is InChI=1S/C26H38N4O6S/c1-18-21(20-6-4-19(5-7-20)16-29-12-14-36-15-13-29)8-9-22-23(18)27-17-30(24(22)31)11-10-26(2,25(32)28-33)37(3,34)35/h4-7,17-18,21-23,33H,8-16H2,1-3H3,(H,28,32)/t18?,21?,22?,23?,26-/m1/s1. The van der Waals surface area contributed by atoms with Crippen molar-refractivity contribution in [2.24, 2.45) is 16.8 Å². The molecule has 2 heterocycles. The fourth-order valence-electron chi connectivity index (χ4n) is 5.78. The summed E-state index contributed by atoms with van der Waals surface area (Å²) in [5.74, 6) is -0.900. The third-order valence-electron chi connectivity index (χ3n) is 8.50. The molecule has 5 atom stereocenters. The minimum atomic E-state index is -3.84. The average molecular weight is 535 g/mol. The Kier molecular flexibility index (Phi) is 8.37. The number of rotatable bonds is 8. The summed E-state index contributed by atoms with van der Waals surface area (Å²) < 4.78 is 28.1. The normalized spacial score (nSPS) is 28.4. The highest BCUT2D eigenvalue weighted by Gasteiger charge is 2.47. The van der Waals surface area contributed by atoms with Gasteiger partial charge >= 0.3 is 0 Å². The number of amides is 2. The number of ether oxygens (including phenoxy) is 1. The zero-order chi connectivity index (χ0) is 26.8. The van der Waals surface area contributed by atoms with Crippen LogP contribution in [-0.2, 0) is 30.7 Å². The lowest BCUT2D eigenvalue weighted by Gasteiger charge is -2.43. The van der Waals surface area contributed by atoms with E-state index >= 15 is 0 Å². The maximum Gasteiger partial charge on any atom is 0.264 e. The van der Waals surface area contributed by atoms with E-state index in [1.165, 1.54) is 34.8 Å². The SMILES string of the molecule is CC1C(c2ccc(CN3CCOCC3)cc2)CCC2C(=O)N(CC[C@](C)(C(=O)NO)S(C)(=O)=O)C=NC21. The number of sulfone groups is 1. The van der Waals surface area contributed by atoms with Crippen LogP contribution in [0.3, 0.4) is 0 Å². The van der Waals surface area contributed by atoms with Gasteiger partial charge in [0.15, 0.2) is 14.6 Å². The van der Waals surface area contributed by atoms with E-state index in [0.717, 1.165) is 45.5 Å². The van der Waals surface area contributed by atoms with Crippen molar-refractivity contribution in [2.75, 3.05) is 39.1 Å². The Morgan fingerprint density at radius 3 is 2.46 bits per heavy atom. The van der Waals surface area contributed by atoms with Crippen LogP contribution in [0.4, 0.5) is 0 Å². The zero-order valence-corrected chi connectivity index (χ0v) is 22.6. The molecule has 1 saturated heterocycles. The molecular weight excluding hydrogens is 496 g/mol. The second kappa shape index (κ2) is 11.2. The molecule has 0 spiro atoms. The number of aliphatic imine (C=N–C) groups is 1. The number of benzene rings is 1. The second-order valence-corrected chi connectivity index (χ2v) is 13.2. The van der Waals surface area contributed by atoms with Crippen LogP contribution in [-0.4, -0.2) is 91.5 Å². The topological polar surface area (TPSA) is 129 Å². The first-order valence-corrected chi connectivity index (χ1v) is 14.8. The largest absolute Gasteiger partial charge is 0.379 e. The van der Waals surface area contributed by atoms with Crippen LogP contribution in [0.5, 0.6) is 0 Å². The van der Waals surface area contributed by atoms with Gasteiger partial charge in [-0.2, -0.15) is 0 Å². The molecule has 0 radical (unpaired) electrons. The maximum atomic E-state index is 13.3. The maximum absolute atomic E-state index is 13.3. The van der Waals surface area contributed by atoms with Crippen molar-refractivity contribution >= 4 is 28.0 Å². The molecular formula is C26H38N4O6S. The molecule has 2 aliphatic heterocycles. The molecule has 1 aromatic carbocycles. The predicted molar refractivity (Wildman–Crippen MR) is 139 cm³/mol. The van der Waals surface area contributed by atoms with Crippen LogP contribution in [0.1, 0.15) is 50.2 Å². The molecule has 10 nitrogen and oxygen atoms in total. The Balaban J connectivity index is 1.41. The van der Waals surface area contributed by atoms with E-state index in [9.17, 15) is 18.0 Å². The molecule has 1 aliphatic carbocycles. The number of hydroxylamine groups is 1. The number of carbonyl (C=O) groups excluding carboxylic acids is 2. The smallest absolute Gasteiger partial charge is 0.264 e. The lowest BCUT2D eigenvalue weighted by Crippen LogP contribution is -2.53. The van der Waals surface area contributed by atoms with Gasteiger partial charge in [-0.05, 0) is 49.1 Å². The van der Waals surface area contributed by atoms with Gasteiger partial charge in [0, 0.05) is 32.4 Å². The van der Waals surface area contributed by atoms with Gasteiger partial charge in [0.2, 0.25) is 5.91 Å². The van der Waals surface area contributed by atoms with E-state index in [-0.39, 0.29) is 36.8 Å². The summed E-state index contributed by atoms with van der Waals surface area (Å²) in [6.07, 6.45) is 3.86. The van der Waals surface area contributed by atoms with Crippen molar-refractivity contribution in [1.82, 2.24) is 15.3 Å². The molecule has 37 heavy (non-hydrogen) atoms. The number of morpholine rings is 1. The van der Waals surface area contributed by atoms with Crippen LogP contribution in [0.2, 0.25) is 0 Å². The van der Waals surface area contributed by atoms with Gasteiger partial charge in [0.1, 0.15) is 0 Å². The first-order valence-electron chi connectivity index (χ1n) is 12.9. The van der Waals surface area contributed by atoms with Gasteiger partial charge in [-0.15, -0.1) is 0 Å². The molecule has 204 valence electrons. The Hall–Kier alpha value is -2.34. The predicted octanol–water partition coefficient (Wildman–Crippen LogP) is 1.59. The van der Waals surface area contributed by atoms with E-state index in [1.54, 1.807) is 0 Å². The number of hydrogen-bond donors (Lipinski definition) is 2. The first kappa shape index (κ1) is 27.7. The highest BCUT2D eigenvalue weighted by Crippen LogP contribution is 2.43. The molecule has 0 aromatic heterocycles. The molecule has 4 unspecified atom stereocenters. The van der Waals surface area contributed by atoms with Gasteiger partial charge in [0.25, 0.3) is 5.91 Å². The van der Waals surface area contributed by atoms with Gasteiger partial charge < -0.3 is 9.64 Å². The quantitative estimate of drug-likeness (QED) is 0.383. The van der Waals surface area contributed by atoms with Crippen molar-refractivity contribution in [3.63, 3.8) is 0 Å². The van der Waals surface area contributed by atoms with Gasteiger partial charge in [0.05, 0.1) is 31.5 Å². The zero-order valence-electron chi connectivity index (χ0n) is 21.8. The molecule has 3 aliphatic rings. The summed E-state index contributed by atoms with van der Waals surface area (Å²) in [5, 5.41) is 9.04.